The van der Waals surface area contributed by atoms with Gasteiger partial charge in [0.1, 0.15) is 0 Å². The van der Waals surface area contributed by atoms with Crippen LogP contribution >= 0.6 is 0 Å². The van der Waals surface area contributed by atoms with Crippen LogP contribution in [0.1, 0.15) is 17.3 Å². The first kappa shape index (κ1) is 16.6. The summed E-state index contributed by atoms with van der Waals surface area (Å²) < 4.78 is 21.7. The highest BCUT2D eigenvalue weighted by molar-refractivity contribution is 7.84. The summed E-state index contributed by atoms with van der Waals surface area (Å²) in [4.78, 5) is 26.5. The Kier molecular flexibility index (Phi) is 5.68. The van der Waals surface area contributed by atoms with Crippen molar-refractivity contribution >= 4 is 22.7 Å². The van der Waals surface area contributed by atoms with Gasteiger partial charge in [0.2, 0.25) is 0 Å². The Balaban J connectivity index is 1.95. The summed E-state index contributed by atoms with van der Waals surface area (Å²) in [6.07, 6.45) is 0.724. The third kappa shape index (κ3) is 4.14. The summed E-state index contributed by atoms with van der Waals surface area (Å²) in [7, 11) is -1.10. The molecule has 120 valence electrons. The molecule has 1 heterocycles. The number of carbonyl (C=O) groups excluding carboxylic acids is 2. The molecular weight excluding hydrogens is 306 g/mol. The molecule has 22 heavy (non-hydrogen) atoms. The number of morpholine rings is 1. The number of esters is 1. The van der Waals surface area contributed by atoms with Gasteiger partial charge in [0, 0.05) is 35.0 Å². The lowest BCUT2D eigenvalue weighted by molar-refractivity contribution is -0.143. The van der Waals surface area contributed by atoms with E-state index in [1.165, 1.54) is 0 Å². The third-order valence-electron chi connectivity index (χ3n) is 3.38. The van der Waals surface area contributed by atoms with Crippen molar-refractivity contribution in [2.45, 2.75) is 17.9 Å². The van der Waals surface area contributed by atoms with Gasteiger partial charge in [-0.2, -0.15) is 0 Å². The second-order valence-electron chi connectivity index (χ2n) is 4.96. The van der Waals surface area contributed by atoms with Crippen molar-refractivity contribution in [2.24, 2.45) is 0 Å². The molecule has 0 bridgehead atoms. The van der Waals surface area contributed by atoms with E-state index in [0.717, 1.165) is 0 Å². The van der Waals surface area contributed by atoms with Crippen LogP contribution in [-0.2, 0) is 25.1 Å². The van der Waals surface area contributed by atoms with Gasteiger partial charge in [-0.15, -0.1) is 0 Å². The fourth-order valence-corrected chi connectivity index (χ4v) is 2.62. The first-order chi connectivity index (χ1) is 10.5. The minimum absolute atomic E-state index is 0.220. The first-order valence-corrected chi connectivity index (χ1v) is 8.56. The van der Waals surface area contributed by atoms with Gasteiger partial charge in [-0.05, 0) is 31.2 Å². The Bertz CT molecular complexity index is 566. The predicted octanol–water partition coefficient (Wildman–Crippen LogP) is 0.828. The number of nitrogens with zero attached hydrogens (tertiary/aromatic N) is 1. The molecule has 0 radical (unpaired) electrons. The second-order valence-corrected chi connectivity index (χ2v) is 6.34. The van der Waals surface area contributed by atoms with Gasteiger partial charge in [-0.1, -0.05) is 0 Å². The van der Waals surface area contributed by atoms with Gasteiger partial charge < -0.3 is 14.4 Å². The molecule has 2 rings (SSSR count). The summed E-state index contributed by atoms with van der Waals surface area (Å²) in [5, 5.41) is 0. The number of amides is 1. The Morgan fingerprint density at radius 1 is 1.23 bits per heavy atom. The fraction of sp³-hybridized carbons (Fsp3) is 0.467. The lowest BCUT2D eigenvalue weighted by Crippen LogP contribution is -2.46. The number of carbonyl (C=O) groups is 2. The van der Waals surface area contributed by atoms with E-state index in [0.29, 0.717) is 36.8 Å². The average Bonchev–Trinajstić information content (AvgIpc) is 2.54. The normalized spacial score (nSPS) is 17.6. The van der Waals surface area contributed by atoms with E-state index in [4.69, 9.17) is 9.47 Å². The number of hydrogen-bond donors (Lipinski definition) is 0. The molecule has 6 nitrogen and oxygen atoms in total. The Labute approximate surface area is 131 Å². The molecule has 2 unspecified atom stereocenters. The zero-order valence-corrected chi connectivity index (χ0v) is 13.4. The van der Waals surface area contributed by atoms with E-state index in [1.807, 2.05) is 0 Å². The van der Waals surface area contributed by atoms with Crippen molar-refractivity contribution in [1.29, 1.82) is 0 Å². The minimum atomic E-state index is -1.10. The van der Waals surface area contributed by atoms with Gasteiger partial charge in [0.05, 0.1) is 18.8 Å². The molecule has 1 aromatic carbocycles. The summed E-state index contributed by atoms with van der Waals surface area (Å²) in [5.74, 6) is -0.787. The molecule has 0 aromatic heterocycles. The van der Waals surface area contributed by atoms with E-state index >= 15 is 0 Å². The van der Waals surface area contributed by atoms with Gasteiger partial charge in [0.15, 0.2) is 6.10 Å². The highest BCUT2D eigenvalue weighted by atomic mass is 32.2. The van der Waals surface area contributed by atoms with Gasteiger partial charge >= 0.3 is 5.97 Å². The molecule has 1 aliphatic rings. The Morgan fingerprint density at radius 2 is 1.82 bits per heavy atom. The molecule has 1 amide bonds. The molecule has 0 aliphatic carbocycles. The quantitative estimate of drug-likeness (QED) is 0.767. The molecule has 0 saturated carbocycles. The van der Waals surface area contributed by atoms with Gasteiger partial charge in [0.25, 0.3) is 5.91 Å². The molecular formula is C15H19NO5S. The Hall–Kier alpha value is -1.73. The van der Waals surface area contributed by atoms with Crippen molar-refractivity contribution in [3.8, 4) is 0 Å². The fourth-order valence-electron chi connectivity index (χ4n) is 2.10. The maximum Gasteiger partial charge on any atom is 0.338 e. The maximum absolute atomic E-state index is 12.2. The van der Waals surface area contributed by atoms with E-state index in [-0.39, 0.29) is 5.91 Å². The molecule has 0 spiro atoms. The van der Waals surface area contributed by atoms with Crippen molar-refractivity contribution in [3.63, 3.8) is 0 Å². The molecule has 1 aliphatic heterocycles. The number of benzene rings is 1. The second kappa shape index (κ2) is 7.51. The van der Waals surface area contributed by atoms with Crippen LogP contribution < -0.4 is 0 Å². The highest BCUT2D eigenvalue weighted by Gasteiger charge is 2.25. The van der Waals surface area contributed by atoms with Crippen molar-refractivity contribution in [2.75, 3.05) is 32.6 Å². The summed E-state index contributed by atoms with van der Waals surface area (Å²) in [6, 6.07) is 6.32. The topological polar surface area (TPSA) is 72.9 Å². The summed E-state index contributed by atoms with van der Waals surface area (Å²) in [6.45, 7) is 3.59. The monoisotopic (exact) mass is 325 g/mol. The molecule has 1 saturated heterocycles. The minimum Gasteiger partial charge on any atom is -0.449 e. The summed E-state index contributed by atoms with van der Waals surface area (Å²) >= 11 is 0. The Morgan fingerprint density at radius 3 is 2.36 bits per heavy atom. The molecule has 7 heteroatoms. The number of hydrogen-bond acceptors (Lipinski definition) is 5. The predicted molar refractivity (Wildman–Crippen MR) is 81.1 cm³/mol. The smallest absolute Gasteiger partial charge is 0.338 e. The van der Waals surface area contributed by atoms with Gasteiger partial charge in [-0.25, -0.2) is 4.79 Å². The summed E-state index contributed by atoms with van der Waals surface area (Å²) in [5.41, 5.74) is 0.329. The lowest BCUT2D eigenvalue weighted by Gasteiger charge is -2.28. The molecule has 1 aromatic rings. The largest absolute Gasteiger partial charge is 0.449 e. The maximum atomic E-state index is 12.2. The van der Waals surface area contributed by atoms with E-state index in [9.17, 15) is 13.8 Å². The first-order valence-electron chi connectivity index (χ1n) is 7.00. The average molecular weight is 325 g/mol. The van der Waals surface area contributed by atoms with Crippen LogP contribution in [0.5, 0.6) is 0 Å². The third-order valence-corrected chi connectivity index (χ3v) is 4.31. The van der Waals surface area contributed by atoms with Crippen molar-refractivity contribution < 1.29 is 23.3 Å². The number of ether oxygens (including phenoxy) is 2. The SMILES string of the molecule is CC(OC(=O)c1ccc(S(C)=O)cc1)C(=O)N1CCOCC1. The molecule has 0 N–H and O–H groups in total. The number of rotatable bonds is 4. The standard InChI is InChI=1S/C15H19NO5S/c1-11(14(17)16-7-9-20-10-8-16)21-15(18)12-3-5-13(6-4-12)22(2)19/h3-6,11H,7-10H2,1-2H3. The zero-order chi connectivity index (χ0) is 16.1. The van der Waals surface area contributed by atoms with E-state index in [1.54, 1.807) is 42.3 Å². The van der Waals surface area contributed by atoms with Crippen LogP contribution in [0.25, 0.3) is 0 Å². The van der Waals surface area contributed by atoms with Crippen LogP contribution in [0.2, 0.25) is 0 Å². The van der Waals surface area contributed by atoms with Crippen LogP contribution in [0, 0.1) is 0 Å². The molecule has 1 fully saturated rings. The van der Waals surface area contributed by atoms with Crippen molar-refractivity contribution in [1.82, 2.24) is 4.90 Å². The van der Waals surface area contributed by atoms with Crippen molar-refractivity contribution in [3.05, 3.63) is 29.8 Å². The van der Waals surface area contributed by atoms with Crippen LogP contribution in [-0.4, -0.2) is 59.6 Å². The van der Waals surface area contributed by atoms with Crippen LogP contribution in [0.4, 0.5) is 0 Å². The van der Waals surface area contributed by atoms with E-state index < -0.39 is 22.9 Å². The van der Waals surface area contributed by atoms with Gasteiger partial charge in [-0.3, -0.25) is 9.00 Å². The lowest BCUT2D eigenvalue weighted by atomic mass is 10.2. The zero-order valence-electron chi connectivity index (χ0n) is 12.6. The highest BCUT2D eigenvalue weighted by Crippen LogP contribution is 2.11. The van der Waals surface area contributed by atoms with Crippen LogP contribution in [0.15, 0.2) is 29.2 Å². The molecule has 2 atom stereocenters. The van der Waals surface area contributed by atoms with Crippen LogP contribution in [0.3, 0.4) is 0 Å². The van der Waals surface area contributed by atoms with E-state index in [2.05, 4.69) is 0 Å².